The lowest BCUT2D eigenvalue weighted by Gasteiger charge is -2.42. The molecule has 2 aliphatic rings. The van der Waals surface area contributed by atoms with Crippen molar-refractivity contribution >= 4 is 17.5 Å². The highest BCUT2D eigenvalue weighted by Crippen LogP contribution is 2.46. The van der Waals surface area contributed by atoms with Gasteiger partial charge >= 0.3 is 0 Å². The van der Waals surface area contributed by atoms with Gasteiger partial charge in [0, 0.05) is 38.0 Å². The number of phenolic OH excluding ortho intramolecular Hbond substituents is 1. The van der Waals surface area contributed by atoms with Crippen LogP contribution in [0.4, 0.5) is 5.69 Å². The molecule has 3 aromatic carbocycles. The van der Waals surface area contributed by atoms with Crippen LogP contribution in [0.3, 0.4) is 0 Å². The van der Waals surface area contributed by atoms with Crippen LogP contribution in [0.2, 0.25) is 0 Å². The molecule has 2 amide bonds. The van der Waals surface area contributed by atoms with Crippen molar-refractivity contribution in [1.29, 1.82) is 0 Å². The zero-order valence-corrected chi connectivity index (χ0v) is 20.7. The lowest BCUT2D eigenvalue weighted by molar-refractivity contribution is -0.134. The third kappa shape index (κ3) is 5.52. The number of piperidine rings is 1. The molecule has 2 fully saturated rings. The molecule has 186 valence electrons. The van der Waals surface area contributed by atoms with Gasteiger partial charge in [0.1, 0.15) is 5.75 Å². The molecule has 1 heterocycles. The molecule has 1 saturated heterocycles. The van der Waals surface area contributed by atoms with Gasteiger partial charge in [-0.1, -0.05) is 79.9 Å². The largest absolute Gasteiger partial charge is 0.508 e. The van der Waals surface area contributed by atoms with E-state index in [1.165, 1.54) is 22.4 Å². The van der Waals surface area contributed by atoms with Crippen LogP contribution in [0.5, 0.6) is 5.75 Å². The molecule has 36 heavy (non-hydrogen) atoms. The van der Waals surface area contributed by atoms with Gasteiger partial charge in [-0.2, -0.15) is 0 Å². The van der Waals surface area contributed by atoms with Crippen LogP contribution < -0.4 is 4.90 Å². The molecule has 5 rings (SSSR count). The number of rotatable bonds is 7. The number of benzene rings is 3. The highest BCUT2D eigenvalue weighted by atomic mass is 16.3. The monoisotopic (exact) mass is 482 g/mol. The number of aromatic hydroxyl groups is 1. The van der Waals surface area contributed by atoms with E-state index in [0.717, 1.165) is 25.7 Å². The van der Waals surface area contributed by atoms with Crippen molar-refractivity contribution in [2.24, 2.45) is 5.41 Å². The smallest absolute Gasteiger partial charge is 0.234 e. The Labute approximate surface area is 213 Å². The van der Waals surface area contributed by atoms with E-state index in [4.69, 9.17) is 0 Å². The number of hydrogen-bond donors (Lipinski definition) is 1. The standard InChI is InChI=1S/C31H34N2O3/c34-28-15-14-27(33-29(35)19-31(20-30(33)36)16-8-3-9-17-31)18-26(28)23-32(21-24-10-4-1-5-11-24)22-25-12-6-2-7-13-25/h1-2,4-7,10-15,18,34H,3,8-9,16-17,19-23H2. The Hall–Kier alpha value is -3.44. The Morgan fingerprint density at radius 1 is 0.722 bits per heavy atom. The van der Waals surface area contributed by atoms with E-state index >= 15 is 0 Å². The first-order valence-electron chi connectivity index (χ1n) is 13.0. The first-order chi connectivity index (χ1) is 17.5. The summed E-state index contributed by atoms with van der Waals surface area (Å²) in [6.07, 6.45) is 6.19. The van der Waals surface area contributed by atoms with Gasteiger partial charge in [-0.25, -0.2) is 0 Å². The Bertz CT molecular complexity index is 1140. The molecular weight excluding hydrogens is 448 g/mol. The SMILES string of the molecule is O=C1CC2(CCCCC2)CC(=O)N1c1ccc(O)c(CN(Cc2ccccc2)Cc2ccccc2)c1. The quantitative estimate of drug-likeness (QED) is 0.408. The van der Waals surface area contributed by atoms with E-state index in [1.807, 2.05) is 42.5 Å². The third-order valence-corrected chi connectivity index (χ3v) is 7.68. The van der Waals surface area contributed by atoms with Gasteiger partial charge in [-0.05, 0) is 47.6 Å². The van der Waals surface area contributed by atoms with E-state index in [1.54, 1.807) is 12.1 Å². The van der Waals surface area contributed by atoms with Crippen molar-refractivity contribution in [2.75, 3.05) is 4.90 Å². The number of carbonyl (C=O) groups excluding carboxylic acids is 2. The van der Waals surface area contributed by atoms with Crippen LogP contribution in [-0.4, -0.2) is 21.8 Å². The Kier molecular flexibility index (Phi) is 7.19. The summed E-state index contributed by atoms with van der Waals surface area (Å²) in [6, 6.07) is 25.6. The predicted molar refractivity (Wildman–Crippen MR) is 141 cm³/mol. The van der Waals surface area contributed by atoms with Crippen molar-refractivity contribution in [3.8, 4) is 5.75 Å². The lowest BCUT2D eigenvalue weighted by atomic mass is 9.67. The van der Waals surface area contributed by atoms with Crippen molar-refractivity contribution in [1.82, 2.24) is 4.90 Å². The fourth-order valence-electron chi connectivity index (χ4n) is 5.87. The molecule has 0 unspecified atom stereocenters. The molecule has 5 heteroatoms. The Morgan fingerprint density at radius 2 is 1.28 bits per heavy atom. The summed E-state index contributed by atoms with van der Waals surface area (Å²) in [5.74, 6) is -0.0593. The Balaban J connectivity index is 1.38. The van der Waals surface area contributed by atoms with Gasteiger partial charge in [0.2, 0.25) is 11.8 Å². The van der Waals surface area contributed by atoms with E-state index in [2.05, 4.69) is 29.2 Å². The second-order valence-electron chi connectivity index (χ2n) is 10.5. The zero-order valence-electron chi connectivity index (χ0n) is 20.7. The zero-order chi connectivity index (χ0) is 25.0. The molecule has 3 aromatic rings. The van der Waals surface area contributed by atoms with Crippen LogP contribution in [0.25, 0.3) is 0 Å². The highest BCUT2D eigenvalue weighted by molar-refractivity contribution is 6.17. The molecule has 1 aliphatic carbocycles. The summed E-state index contributed by atoms with van der Waals surface area (Å²) >= 11 is 0. The molecular formula is C31H34N2O3. The molecule has 0 bridgehead atoms. The average Bonchev–Trinajstić information content (AvgIpc) is 2.87. The summed E-state index contributed by atoms with van der Waals surface area (Å²) in [5, 5.41) is 10.7. The molecule has 0 radical (unpaired) electrons. The summed E-state index contributed by atoms with van der Waals surface area (Å²) in [6.45, 7) is 1.91. The predicted octanol–water partition coefficient (Wildman–Crippen LogP) is 6.20. The molecule has 5 nitrogen and oxygen atoms in total. The maximum atomic E-state index is 13.2. The van der Waals surface area contributed by atoms with Gasteiger partial charge in [-0.3, -0.25) is 19.4 Å². The van der Waals surface area contributed by atoms with Crippen LogP contribution >= 0.6 is 0 Å². The summed E-state index contributed by atoms with van der Waals surface area (Å²) in [7, 11) is 0. The molecule has 1 saturated carbocycles. The van der Waals surface area contributed by atoms with E-state index in [9.17, 15) is 14.7 Å². The molecule has 0 atom stereocenters. The second-order valence-corrected chi connectivity index (χ2v) is 10.5. The number of imide groups is 1. The van der Waals surface area contributed by atoms with Crippen molar-refractivity contribution in [2.45, 2.75) is 64.6 Å². The van der Waals surface area contributed by atoms with E-state index in [-0.39, 0.29) is 23.0 Å². The minimum Gasteiger partial charge on any atom is -0.508 e. The summed E-state index contributed by atoms with van der Waals surface area (Å²) in [5.41, 5.74) is 3.48. The fourth-order valence-corrected chi connectivity index (χ4v) is 5.87. The van der Waals surface area contributed by atoms with E-state index in [0.29, 0.717) is 43.7 Å². The highest BCUT2D eigenvalue weighted by Gasteiger charge is 2.44. The van der Waals surface area contributed by atoms with E-state index < -0.39 is 0 Å². The normalized spacial score (nSPS) is 17.6. The Morgan fingerprint density at radius 3 is 1.83 bits per heavy atom. The molecule has 1 N–H and O–H groups in total. The van der Waals surface area contributed by atoms with Crippen molar-refractivity contribution in [3.05, 3.63) is 95.6 Å². The molecule has 0 aromatic heterocycles. The van der Waals surface area contributed by atoms with Crippen LogP contribution in [-0.2, 0) is 29.2 Å². The van der Waals surface area contributed by atoms with Gasteiger partial charge < -0.3 is 5.11 Å². The lowest BCUT2D eigenvalue weighted by Crippen LogP contribution is -2.48. The van der Waals surface area contributed by atoms with Gasteiger partial charge in [-0.15, -0.1) is 0 Å². The average molecular weight is 483 g/mol. The topological polar surface area (TPSA) is 60.9 Å². The number of amides is 2. The van der Waals surface area contributed by atoms with Crippen LogP contribution in [0.15, 0.2) is 78.9 Å². The number of nitrogens with zero attached hydrogens (tertiary/aromatic N) is 2. The van der Waals surface area contributed by atoms with Crippen molar-refractivity contribution < 1.29 is 14.7 Å². The van der Waals surface area contributed by atoms with Crippen LogP contribution in [0.1, 0.15) is 61.6 Å². The molecule has 1 aliphatic heterocycles. The fraction of sp³-hybridized carbons (Fsp3) is 0.355. The van der Waals surface area contributed by atoms with Crippen LogP contribution in [0, 0.1) is 5.41 Å². The van der Waals surface area contributed by atoms with Gasteiger partial charge in [0.25, 0.3) is 0 Å². The number of hydrogen-bond acceptors (Lipinski definition) is 4. The molecule has 1 spiro atoms. The second kappa shape index (κ2) is 10.7. The third-order valence-electron chi connectivity index (χ3n) is 7.68. The maximum Gasteiger partial charge on any atom is 0.234 e. The first kappa shape index (κ1) is 24.3. The number of phenols is 1. The number of anilines is 1. The maximum absolute atomic E-state index is 13.2. The van der Waals surface area contributed by atoms with Crippen molar-refractivity contribution in [3.63, 3.8) is 0 Å². The van der Waals surface area contributed by atoms with Gasteiger partial charge in [0.05, 0.1) is 5.69 Å². The number of carbonyl (C=O) groups is 2. The van der Waals surface area contributed by atoms with Gasteiger partial charge in [0.15, 0.2) is 0 Å². The summed E-state index contributed by atoms with van der Waals surface area (Å²) < 4.78 is 0. The minimum atomic E-state index is -0.148. The minimum absolute atomic E-state index is 0.116. The first-order valence-corrected chi connectivity index (χ1v) is 13.0. The summed E-state index contributed by atoms with van der Waals surface area (Å²) in [4.78, 5) is 30.0.